The molecule has 1 N–H and O–H groups in total. The summed E-state index contributed by atoms with van der Waals surface area (Å²) in [5.41, 5.74) is 0. The average Bonchev–Trinajstić information content (AvgIpc) is 2.08. The molecule has 0 spiro atoms. The van der Waals surface area contributed by atoms with Gasteiger partial charge in [-0.2, -0.15) is 13.2 Å². The topological polar surface area (TPSA) is 15.3 Å². The normalized spacial score (nSPS) is 15.0. The maximum atomic E-state index is 12.3. The summed E-state index contributed by atoms with van der Waals surface area (Å²) < 4.78 is 36.9. The molecule has 0 fully saturated rings. The second-order valence-electron chi connectivity index (χ2n) is 4.12. The minimum atomic E-state index is -4.11. The highest BCUT2D eigenvalue weighted by Crippen LogP contribution is 2.20. The minimum Gasteiger partial charge on any atom is -0.320 e. The Kier molecular flexibility index (Phi) is 6.20. The molecule has 0 aliphatic heterocycles. The van der Waals surface area contributed by atoms with Crippen molar-refractivity contribution in [3.05, 3.63) is 0 Å². The molecule has 0 aliphatic rings. The maximum Gasteiger partial charge on any atom is 0.401 e. The summed E-state index contributed by atoms with van der Waals surface area (Å²) >= 11 is 0. The summed E-state index contributed by atoms with van der Waals surface area (Å²) in [6.45, 7) is 5.34. The lowest BCUT2D eigenvalue weighted by Gasteiger charge is -2.33. The van der Waals surface area contributed by atoms with Crippen molar-refractivity contribution in [2.24, 2.45) is 0 Å². The standard InChI is InChI=1S/C10H21F3N2/c1-8(2)15(7-10(11,12)13)9(3)5-6-14-4/h8-9,14H,5-7H2,1-4H3. The van der Waals surface area contributed by atoms with E-state index in [0.717, 1.165) is 13.0 Å². The molecule has 0 saturated heterocycles. The van der Waals surface area contributed by atoms with Gasteiger partial charge in [0.2, 0.25) is 0 Å². The zero-order valence-electron chi connectivity index (χ0n) is 9.86. The van der Waals surface area contributed by atoms with Crippen molar-refractivity contribution >= 4 is 0 Å². The fourth-order valence-corrected chi connectivity index (χ4v) is 1.57. The third kappa shape index (κ3) is 6.73. The highest BCUT2D eigenvalue weighted by Gasteiger charge is 2.33. The van der Waals surface area contributed by atoms with Crippen molar-refractivity contribution in [3.63, 3.8) is 0 Å². The summed E-state index contributed by atoms with van der Waals surface area (Å²) in [5, 5.41) is 2.95. The van der Waals surface area contributed by atoms with Gasteiger partial charge in [-0.05, 0) is 40.8 Å². The smallest absolute Gasteiger partial charge is 0.320 e. The van der Waals surface area contributed by atoms with Gasteiger partial charge in [0.25, 0.3) is 0 Å². The molecular weight excluding hydrogens is 205 g/mol. The van der Waals surface area contributed by atoms with E-state index < -0.39 is 12.7 Å². The predicted octanol–water partition coefficient (Wildman–Crippen LogP) is 2.26. The second-order valence-corrected chi connectivity index (χ2v) is 4.12. The zero-order valence-corrected chi connectivity index (χ0v) is 9.86. The number of hydrogen-bond acceptors (Lipinski definition) is 2. The molecule has 92 valence electrons. The molecule has 0 heterocycles. The molecule has 0 aliphatic carbocycles. The first-order chi connectivity index (χ1) is 6.78. The van der Waals surface area contributed by atoms with E-state index in [0.29, 0.717) is 0 Å². The second kappa shape index (κ2) is 6.33. The molecule has 0 rings (SSSR count). The van der Waals surface area contributed by atoms with Crippen LogP contribution < -0.4 is 5.32 Å². The van der Waals surface area contributed by atoms with E-state index in [2.05, 4.69) is 5.32 Å². The van der Waals surface area contributed by atoms with Crippen molar-refractivity contribution in [2.75, 3.05) is 20.1 Å². The van der Waals surface area contributed by atoms with Crippen LogP contribution in [0.15, 0.2) is 0 Å². The number of nitrogens with zero attached hydrogens (tertiary/aromatic N) is 1. The van der Waals surface area contributed by atoms with E-state index in [9.17, 15) is 13.2 Å². The molecule has 5 heteroatoms. The lowest BCUT2D eigenvalue weighted by atomic mass is 10.1. The Morgan fingerprint density at radius 1 is 1.20 bits per heavy atom. The van der Waals surface area contributed by atoms with Crippen molar-refractivity contribution < 1.29 is 13.2 Å². The van der Waals surface area contributed by atoms with Crippen LogP contribution in [0.1, 0.15) is 27.2 Å². The van der Waals surface area contributed by atoms with Gasteiger partial charge in [0, 0.05) is 12.1 Å². The molecular formula is C10H21F3N2. The van der Waals surface area contributed by atoms with Crippen LogP contribution in [0.2, 0.25) is 0 Å². The molecule has 1 unspecified atom stereocenters. The Bertz CT molecular complexity index is 169. The fraction of sp³-hybridized carbons (Fsp3) is 1.00. The van der Waals surface area contributed by atoms with E-state index in [1.807, 2.05) is 6.92 Å². The van der Waals surface area contributed by atoms with E-state index in [1.54, 1.807) is 20.9 Å². The van der Waals surface area contributed by atoms with Crippen LogP contribution in [0.25, 0.3) is 0 Å². The van der Waals surface area contributed by atoms with Crippen molar-refractivity contribution in [2.45, 2.75) is 45.5 Å². The molecule has 0 aromatic rings. The number of nitrogens with one attached hydrogen (secondary N) is 1. The lowest BCUT2D eigenvalue weighted by Crippen LogP contribution is -2.45. The summed E-state index contributed by atoms with van der Waals surface area (Å²) in [4.78, 5) is 1.48. The molecule has 0 amide bonds. The van der Waals surface area contributed by atoms with Gasteiger partial charge in [0.05, 0.1) is 6.54 Å². The highest BCUT2D eigenvalue weighted by atomic mass is 19.4. The van der Waals surface area contributed by atoms with Crippen LogP contribution in [0.5, 0.6) is 0 Å². The molecule has 2 nitrogen and oxygen atoms in total. The van der Waals surface area contributed by atoms with Crippen LogP contribution in [0.3, 0.4) is 0 Å². The number of halogens is 3. The Balaban J connectivity index is 4.25. The monoisotopic (exact) mass is 226 g/mol. The van der Waals surface area contributed by atoms with E-state index in [1.165, 1.54) is 4.90 Å². The van der Waals surface area contributed by atoms with Crippen molar-refractivity contribution in [1.82, 2.24) is 10.2 Å². The average molecular weight is 226 g/mol. The van der Waals surface area contributed by atoms with E-state index in [4.69, 9.17) is 0 Å². The molecule has 0 aromatic heterocycles. The third-order valence-electron chi connectivity index (χ3n) is 2.40. The van der Waals surface area contributed by atoms with E-state index >= 15 is 0 Å². The number of alkyl halides is 3. The van der Waals surface area contributed by atoms with Crippen LogP contribution in [0.4, 0.5) is 13.2 Å². The Morgan fingerprint density at radius 3 is 2.07 bits per heavy atom. The van der Waals surface area contributed by atoms with Gasteiger partial charge in [-0.1, -0.05) is 0 Å². The van der Waals surface area contributed by atoms with Gasteiger partial charge in [-0.3, -0.25) is 4.90 Å². The summed E-state index contributed by atoms with van der Waals surface area (Å²) in [6, 6.07) is -0.141. The van der Waals surface area contributed by atoms with Gasteiger partial charge in [0.1, 0.15) is 0 Å². The van der Waals surface area contributed by atoms with Gasteiger partial charge < -0.3 is 5.32 Å². The number of rotatable bonds is 6. The summed E-state index contributed by atoms with van der Waals surface area (Å²) in [6.07, 6.45) is -3.39. The first-order valence-corrected chi connectivity index (χ1v) is 5.25. The molecule has 1 atom stereocenters. The molecule has 0 aromatic carbocycles. The van der Waals surface area contributed by atoms with Crippen LogP contribution in [0, 0.1) is 0 Å². The number of hydrogen-bond donors (Lipinski definition) is 1. The van der Waals surface area contributed by atoms with Crippen molar-refractivity contribution in [3.8, 4) is 0 Å². The van der Waals surface area contributed by atoms with Crippen molar-refractivity contribution in [1.29, 1.82) is 0 Å². The lowest BCUT2D eigenvalue weighted by molar-refractivity contribution is -0.154. The SMILES string of the molecule is CNCCC(C)N(CC(F)(F)F)C(C)C. The highest BCUT2D eigenvalue weighted by molar-refractivity contribution is 4.74. The maximum absolute atomic E-state index is 12.3. The van der Waals surface area contributed by atoms with Gasteiger partial charge in [-0.15, -0.1) is 0 Å². The van der Waals surface area contributed by atoms with Crippen LogP contribution in [-0.2, 0) is 0 Å². The molecule has 15 heavy (non-hydrogen) atoms. The van der Waals surface area contributed by atoms with Crippen LogP contribution in [-0.4, -0.2) is 43.3 Å². The largest absolute Gasteiger partial charge is 0.401 e. The minimum absolute atomic E-state index is 0.0564. The summed E-state index contributed by atoms with van der Waals surface area (Å²) in [5.74, 6) is 0. The Morgan fingerprint density at radius 2 is 1.73 bits per heavy atom. The molecule has 0 saturated carbocycles. The third-order valence-corrected chi connectivity index (χ3v) is 2.40. The fourth-order valence-electron chi connectivity index (χ4n) is 1.57. The van der Waals surface area contributed by atoms with E-state index in [-0.39, 0.29) is 12.1 Å². The van der Waals surface area contributed by atoms with Gasteiger partial charge >= 0.3 is 6.18 Å². The quantitative estimate of drug-likeness (QED) is 0.747. The summed E-state index contributed by atoms with van der Waals surface area (Å²) in [7, 11) is 1.80. The first-order valence-electron chi connectivity index (χ1n) is 5.25. The zero-order chi connectivity index (χ0) is 12.1. The Labute approximate surface area is 89.8 Å². The van der Waals surface area contributed by atoms with Gasteiger partial charge in [-0.25, -0.2) is 0 Å². The predicted molar refractivity (Wildman–Crippen MR) is 55.9 cm³/mol. The van der Waals surface area contributed by atoms with Gasteiger partial charge in [0.15, 0.2) is 0 Å². The van der Waals surface area contributed by atoms with Crippen LogP contribution >= 0.6 is 0 Å². The molecule has 0 radical (unpaired) electrons. The Hall–Kier alpha value is -0.290. The first kappa shape index (κ1) is 14.7. The molecule has 0 bridgehead atoms.